The van der Waals surface area contributed by atoms with Gasteiger partial charge >= 0.3 is 0 Å². The molecule has 0 amide bonds. The van der Waals surface area contributed by atoms with Crippen molar-refractivity contribution in [2.24, 2.45) is 0 Å². The van der Waals surface area contributed by atoms with Gasteiger partial charge in [0.2, 0.25) is 0 Å². The summed E-state index contributed by atoms with van der Waals surface area (Å²) >= 11 is 1.56. The largest absolute Gasteiger partial charge is 0.389 e. The topological polar surface area (TPSA) is 50.2 Å². The van der Waals surface area contributed by atoms with Gasteiger partial charge < -0.3 is 5.11 Å². The zero-order valence-electron chi connectivity index (χ0n) is 7.90. The standard InChI is InChI=1S/C10H13NO2S/c12-8-1-3-10(13,4-2-8)5-9-6-11-7-14-9/h6-7,13H,1-5H2. The maximum atomic E-state index is 11.0. The highest BCUT2D eigenvalue weighted by molar-refractivity contribution is 7.09. The predicted molar refractivity (Wildman–Crippen MR) is 54.2 cm³/mol. The molecule has 4 heteroatoms. The minimum atomic E-state index is -0.666. The number of ketones is 1. The number of hydrogen-bond acceptors (Lipinski definition) is 4. The fraction of sp³-hybridized carbons (Fsp3) is 0.600. The molecule has 1 saturated carbocycles. The molecule has 76 valence electrons. The molecule has 0 bridgehead atoms. The molecule has 1 heterocycles. The van der Waals surface area contributed by atoms with Crippen LogP contribution in [-0.2, 0) is 11.2 Å². The van der Waals surface area contributed by atoms with E-state index in [1.165, 1.54) is 0 Å². The Bertz CT molecular complexity index is 311. The number of rotatable bonds is 2. The first-order valence-electron chi connectivity index (χ1n) is 4.79. The fourth-order valence-electron chi connectivity index (χ4n) is 1.82. The van der Waals surface area contributed by atoms with Crippen molar-refractivity contribution in [3.8, 4) is 0 Å². The van der Waals surface area contributed by atoms with Crippen molar-refractivity contribution in [2.45, 2.75) is 37.7 Å². The summed E-state index contributed by atoms with van der Waals surface area (Å²) in [4.78, 5) is 16.1. The molecule has 0 spiro atoms. The van der Waals surface area contributed by atoms with Crippen LogP contribution in [0.25, 0.3) is 0 Å². The van der Waals surface area contributed by atoms with Crippen LogP contribution in [0.5, 0.6) is 0 Å². The minimum Gasteiger partial charge on any atom is -0.389 e. The van der Waals surface area contributed by atoms with E-state index in [9.17, 15) is 9.90 Å². The molecule has 3 nitrogen and oxygen atoms in total. The number of hydrogen-bond donors (Lipinski definition) is 1. The van der Waals surface area contributed by atoms with Gasteiger partial charge in [0.1, 0.15) is 5.78 Å². The summed E-state index contributed by atoms with van der Waals surface area (Å²) in [5, 5.41) is 10.2. The van der Waals surface area contributed by atoms with Crippen molar-refractivity contribution < 1.29 is 9.90 Å². The normalized spacial score (nSPS) is 21.1. The fourth-order valence-corrected chi connectivity index (χ4v) is 2.56. The summed E-state index contributed by atoms with van der Waals surface area (Å²) in [5.41, 5.74) is 1.10. The molecule has 0 atom stereocenters. The van der Waals surface area contributed by atoms with E-state index in [-0.39, 0.29) is 5.78 Å². The van der Waals surface area contributed by atoms with E-state index >= 15 is 0 Å². The average molecular weight is 211 g/mol. The molecule has 1 N–H and O–H groups in total. The summed E-state index contributed by atoms with van der Waals surface area (Å²) in [6, 6.07) is 0. The Morgan fingerprint density at radius 2 is 2.21 bits per heavy atom. The quantitative estimate of drug-likeness (QED) is 0.807. The lowest BCUT2D eigenvalue weighted by molar-refractivity contribution is -0.125. The third-order valence-electron chi connectivity index (χ3n) is 2.73. The molecular weight excluding hydrogens is 198 g/mol. The maximum absolute atomic E-state index is 11.0. The van der Waals surface area contributed by atoms with Gasteiger partial charge in [-0.05, 0) is 12.8 Å². The molecule has 1 aromatic rings. The van der Waals surface area contributed by atoms with Gasteiger partial charge in [-0.3, -0.25) is 9.78 Å². The highest BCUT2D eigenvalue weighted by Gasteiger charge is 2.32. The van der Waals surface area contributed by atoms with Crippen molar-refractivity contribution in [2.75, 3.05) is 0 Å². The van der Waals surface area contributed by atoms with E-state index < -0.39 is 5.60 Å². The van der Waals surface area contributed by atoms with Gasteiger partial charge in [0.25, 0.3) is 0 Å². The van der Waals surface area contributed by atoms with Crippen molar-refractivity contribution in [1.82, 2.24) is 4.98 Å². The molecule has 0 radical (unpaired) electrons. The number of Topliss-reactive ketones (excluding diaryl/α,β-unsaturated/α-hetero) is 1. The molecule has 14 heavy (non-hydrogen) atoms. The maximum Gasteiger partial charge on any atom is 0.133 e. The van der Waals surface area contributed by atoms with E-state index in [0.717, 1.165) is 4.88 Å². The van der Waals surface area contributed by atoms with Crippen molar-refractivity contribution >= 4 is 17.1 Å². The zero-order chi connectivity index (χ0) is 10.0. The predicted octanol–water partition coefficient (Wildman–Crippen LogP) is 1.56. The van der Waals surface area contributed by atoms with Crippen molar-refractivity contribution in [3.05, 3.63) is 16.6 Å². The van der Waals surface area contributed by atoms with Gasteiger partial charge in [-0.25, -0.2) is 0 Å². The Balaban J connectivity index is 1.99. The van der Waals surface area contributed by atoms with Crippen LogP contribution in [0, 0.1) is 0 Å². The summed E-state index contributed by atoms with van der Waals surface area (Å²) in [6.45, 7) is 0. The van der Waals surface area contributed by atoms with E-state index in [1.807, 2.05) is 0 Å². The molecule has 2 rings (SSSR count). The van der Waals surface area contributed by atoms with Crippen LogP contribution in [0.15, 0.2) is 11.7 Å². The van der Waals surface area contributed by atoms with E-state index in [2.05, 4.69) is 4.98 Å². The van der Waals surface area contributed by atoms with E-state index in [0.29, 0.717) is 32.1 Å². The molecule has 1 aliphatic carbocycles. The molecule has 1 aliphatic rings. The van der Waals surface area contributed by atoms with E-state index in [1.54, 1.807) is 23.0 Å². The van der Waals surface area contributed by atoms with Gasteiger partial charge in [0.15, 0.2) is 0 Å². The number of carbonyl (C=O) groups excluding carboxylic acids is 1. The smallest absolute Gasteiger partial charge is 0.133 e. The molecule has 0 aliphatic heterocycles. The van der Waals surface area contributed by atoms with E-state index in [4.69, 9.17) is 0 Å². The third-order valence-corrected chi connectivity index (χ3v) is 3.50. The average Bonchev–Trinajstić information content (AvgIpc) is 2.63. The Morgan fingerprint density at radius 3 is 2.79 bits per heavy atom. The lowest BCUT2D eigenvalue weighted by Gasteiger charge is -2.30. The third kappa shape index (κ3) is 2.19. The highest BCUT2D eigenvalue weighted by atomic mass is 32.1. The summed E-state index contributed by atoms with van der Waals surface area (Å²) in [6.07, 6.45) is 4.68. The zero-order valence-corrected chi connectivity index (χ0v) is 8.72. The molecule has 0 unspecified atom stereocenters. The second-order valence-electron chi connectivity index (χ2n) is 3.91. The lowest BCUT2D eigenvalue weighted by Crippen LogP contribution is -2.36. The van der Waals surface area contributed by atoms with Crippen LogP contribution in [0.2, 0.25) is 0 Å². The highest BCUT2D eigenvalue weighted by Crippen LogP contribution is 2.30. The minimum absolute atomic E-state index is 0.277. The first-order chi connectivity index (χ1) is 6.68. The Labute approximate surface area is 86.8 Å². The number of aromatic nitrogens is 1. The van der Waals surface area contributed by atoms with Crippen molar-refractivity contribution in [1.29, 1.82) is 0 Å². The van der Waals surface area contributed by atoms with Crippen LogP contribution in [-0.4, -0.2) is 21.5 Å². The van der Waals surface area contributed by atoms with Crippen LogP contribution < -0.4 is 0 Å². The molecule has 1 aromatic heterocycles. The summed E-state index contributed by atoms with van der Waals surface area (Å²) in [5.74, 6) is 0.277. The van der Waals surface area contributed by atoms with Crippen LogP contribution in [0.3, 0.4) is 0 Å². The molecular formula is C10H13NO2S. The van der Waals surface area contributed by atoms with Crippen LogP contribution in [0.1, 0.15) is 30.6 Å². The first-order valence-corrected chi connectivity index (χ1v) is 5.67. The monoisotopic (exact) mass is 211 g/mol. The Kier molecular flexibility index (Phi) is 2.65. The Morgan fingerprint density at radius 1 is 1.50 bits per heavy atom. The lowest BCUT2D eigenvalue weighted by atomic mass is 9.82. The second kappa shape index (κ2) is 3.79. The first kappa shape index (κ1) is 9.80. The summed E-state index contributed by atoms with van der Waals surface area (Å²) < 4.78 is 0. The van der Waals surface area contributed by atoms with Gasteiger partial charge in [-0.15, -0.1) is 11.3 Å². The second-order valence-corrected chi connectivity index (χ2v) is 4.88. The molecule has 0 aromatic carbocycles. The Hall–Kier alpha value is -0.740. The SMILES string of the molecule is O=C1CCC(O)(Cc2cncs2)CC1. The van der Waals surface area contributed by atoms with Crippen LogP contribution >= 0.6 is 11.3 Å². The number of nitrogens with zero attached hydrogens (tertiary/aromatic N) is 1. The van der Waals surface area contributed by atoms with Gasteiger partial charge in [-0.2, -0.15) is 0 Å². The summed E-state index contributed by atoms with van der Waals surface area (Å²) in [7, 11) is 0. The van der Waals surface area contributed by atoms with Crippen molar-refractivity contribution in [3.63, 3.8) is 0 Å². The van der Waals surface area contributed by atoms with Crippen LogP contribution in [0.4, 0.5) is 0 Å². The van der Waals surface area contributed by atoms with Gasteiger partial charge in [0, 0.05) is 30.3 Å². The number of thiazole rings is 1. The molecule has 1 fully saturated rings. The molecule has 0 saturated heterocycles. The van der Waals surface area contributed by atoms with Gasteiger partial charge in [-0.1, -0.05) is 0 Å². The number of aliphatic hydroxyl groups is 1. The van der Waals surface area contributed by atoms with Gasteiger partial charge in [0.05, 0.1) is 11.1 Å². The number of carbonyl (C=O) groups is 1.